The molecule has 1 amide bonds. The van der Waals surface area contributed by atoms with Crippen LogP contribution in [0.4, 0.5) is 19.0 Å². The molecule has 4 rings (SSSR count). The van der Waals surface area contributed by atoms with E-state index in [-0.39, 0.29) is 34.6 Å². The van der Waals surface area contributed by atoms with Crippen LogP contribution in [0, 0.1) is 17.5 Å². The molecule has 2 aromatic rings. The summed E-state index contributed by atoms with van der Waals surface area (Å²) in [5, 5.41) is 4.46. The maximum Gasteiger partial charge on any atom is 0.270 e. The fourth-order valence-electron chi connectivity index (χ4n) is 3.45. The number of thioether (sulfide) groups is 1. The van der Waals surface area contributed by atoms with Gasteiger partial charge in [0.2, 0.25) is 5.91 Å². The summed E-state index contributed by atoms with van der Waals surface area (Å²) in [4.78, 5) is 24.8. The topological polar surface area (TPSA) is 76.1 Å². The Morgan fingerprint density at radius 2 is 1.85 bits per heavy atom. The second-order valence-electron chi connectivity index (χ2n) is 6.42. The van der Waals surface area contributed by atoms with Crippen molar-refractivity contribution in [2.24, 2.45) is 0 Å². The number of nitrogens with zero attached hydrogens (tertiary/aromatic N) is 1. The maximum atomic E-state index is 14.4. The van der Waals surface area contributed by atoms with Crippen LogP contribution in [-0.2, 0) is 9.53 Å². The number of anilines is 1. The number of ether oxygens (including phenoxy) is 1. The van der Waals surface area contributed by atoms with Crippen molar-refractivity contribution in [2.45, 2.75) is 24.1 Å². The molecule has 1 aromatic heterocycles. The van der Waals surface area contributed by atoms with Gasteiger partial charge in [0.25, 0.3) is 5.56 Å². The van der Waals surface area contributed by atoms with E-state index in [9.17, 15) is 22.8 Å². The maximum absolute atomic E-state index is 14.4. The van der Waals surface area contributed by atoms with E-state index in [2.05, 4.69) is 10.4 Å². The Morgan fingerprint density at radius 3 is 2.59 bits per heavy atom. The number of amides is 1. The van der Waals surface area contributed by atoms with Crippen LogP contribution in [0.5, 0.6) is 0 Å². The van der Waals surface area contributed by atoms with Gasteiger partial charge in [-0.25, -0.2) is 13.2 Å². The standard InChI is InChI=1S/C17H16F3N3O3S/c18-10-2-1-9(13(19)14(10)20)15-12-16(21-11(24)7-27-15)23(22-17(12)25)8-3-5-26-6-4-8/h1-2,8,15H,3-7H2,(H,21,24)(H,22,25)/t15-/m1/s1. The van der Waals surface area contributed by atoms with E-state index in [1.54, 1.807) is 4.68 Å². The third-order valence-electron chi connectivity index (χ3n) is 4.77. The molecule has 0 aliphatic carbocycles. The van der Waals surface area contributed by atoms with Gasteiger partial charge in [0.1, 0.15) is 5.82 Å². The zero-order valence-corrected chi connectivity index (χ0v) is 14.9. The summed E-state index contributed by atoms with van der Waals surface area (Å²) < 4.78 is 48.4. The van der Waals surface area contributed by atoms with Gasteiger partial charge in [-0.1, -0.05) is 6.07 Å². The van der Waals surface area contributed by atoms with Gasteiger partial charge in [0.05, 0.1) is 22.6 Å². The van der Waals surface area contributed by atoms with Gasteiger partial charge in [-0.2, -0.15) is 0 Å². The van der Waals surface area contributed by atoms with Gasteiger partial charge in [-0.3, -0.25) is 19.4 Å². The summed E-state index contributed by atoms with van der Waals surface area (Å²) in [6.07, 6.45) is 1.29. The van der Waals surface area contributed by atoms with E-state index < -0.39 is 28.3 Å². The van der Waals surface area contributed by atoms with Crippen molar-refractivity contribution < 1.29 is 22.7 Å². The SMILES string of the molecule is O=C1CS[C@H](c2ccc(F)c(F)c2F)c2c(n(C3CCOCC3)[nH]c2=O)N1. The third kappa shape index (κ3) is 3.16. The zero-order valence-electron chi connectivity index (χ0n) is 14.1. The summed E-state index contributed by atoms with van der Waals surface area (Å²) in [5.74, 6) is -4.42. The van der Waals surface area contributed by atoms with Gasteiger partial charge < -0.3 is 10.1 Å². The number of aromatic nitrogens is 2. The number of halogens is 3. The average molecular weight is 399 g/mol. The molecule has 144 valence electrons. The van der Waals surface area contributed by atoms with Gasteiger partial charge in [0.15, 0.2) is 17.5 Å². The van der Waals surface area contributed by atoms with Crippen molar-refractivity contribution in [3.63, 3.8) is 0 Å². The van der Waals surface area contributed by atoms with Crippen LogP contribution in [0.1, 0.15) is 35.3 Å². The Hall–Kier alpha value is -2.20. The molecule has 0 unspecified atom stereocenters. The molecular weight excluding hydrogens is 383 g/mol. The first-order valence-corrected chi connectivity index (χ1v) is 9.49. The number of carbonyl (C=O) groups is 1. The summed E-state index contributed by atoms with van der Waals surface area (Å²) in [7, 11) is 0. The molecule has 1 atom stereocenters. The van der Waals surface area contributed by atoms with Gasteiger partial charge in [-0.15, -0.1) is 11.8 Å². The first kappa shape index (κ1) is 18.2. The molecule has 1 fully saturated rings. The van der Waals surface area contributed by atoms with E-state index in [1.165, 1.54) is 0 Å². The van der Waals surface area contributed by atoms with Crippen molar-refractivity contribution >= 4 is 23.5 Å². The molecule has 0 saturated carbocycles. The van der Waals surface area contributed by atoms with Crippen LogP contribution in [0.15, 0.2) is 16.9 Å². The van der Waals surface area contributed by atoms with Crippen LogP contribution >= 0.6 is 11.8 Å². The van der Waals surface area contributed by atoms with Crippen LogP contribution in [0.25, 0.3) is 0 Å². The molecular formula is C17H16F3N3O3S. The van der Waals surface area contributed by atoms with E-state index in [0.29, 0.717) is 26.1 Å². The Morgan fingerprint density at radius 1 is 1.11 bits per heavy atom. The fourth-order valence-corrected chi connectivity index (χ4v) is 4.59. The van der Waals surface area contributed by atoms with Crippen molar-refractivity contribution in [1.82, 2.24) is 9.78 Å². The van der Waals surface area contributed by atoms with Gasteiger partial charge >= 0.3 is 0 Å². The molecule has 1 aromatic carbocycles. The molecule has 6 nitrogen and oxygen atoms in total. The van der Waals surface area contributed by atoms with Crippen LogP contribution < -0.4 is 10.9 Å². The summed E-state index contributed by atoms with van der Waals surface area (Å²) in [6, 6.07) is 1.84. The number of rotatable bonds is 2. The van der Waals surface area contributed by atoms with Crippen molar-refractivity contribution in [1.29, 1.82) is 0 Å². The Balaban J connectivity index is 1.86. The molecule has 0 bridgehead atoms. The first-order valence-electron chi connectivity index (χ1n) is 8.44. The highest BCUT2D eigenvalue weighted by Crippen LogP contribution is 2.42. The first-order chi connectivity index (χ1) is 13.0. The van der Waals surface area contributed by atoms with Crippen molar-refractivity contribution in [2.75, 3.05) is 24.3 Å². The zero-order chi connectivity index (χ0) is 19.1. The normalized spacial score (nSPS) is 20.9. The molecule has 2 aliphatic heterocycles. The Bertz CT molecular complexity index is 953. The van der Waals surface area contributed by atoms with E-state index in [4.69, 9.17) is 4.74 Å². The number of nitrogens with one attached hydrogen (secondary N) is 2. The molecule has 0 radical (unpaired) electrons. The minimum Gasteiger partial charge on any atom is -0.381 e. The number of aromatic amines is 1. The number of fused-ring (bicyclic) bond motifs is 1. The Labute approximate surface area is 156 Å². The van der Waals surface area contributed by atoms with Crippen molar-refractivity contribution in [3.8, 4) is 0 Å². The smallest absolute Gasteiger partial charge is 0.270 e. The fraction of sp³-hybridized carbons (Fsp3) is 0.412. The lowest BCUT2D eigenvalue weighted by atomic mass is 10.0. The van der Waals surface area contributed by atoms with E-state index >= 15 is 0 Å². The highest BCUT2D eigenvalue weighted by molar-refractivity contribution is 8.00. The average Bonchev–Trinajstić information content (AvgIpc) is 2.87. The second-order valence-corrected chi connectivity index (χ2v) is 7.51. The lowest BCUT2D eigenvalue weighted by molar-refractivity contribution is -0.113. The van der Waals surface area contributed by atoms with Crippen LogP contribution in [-0.4, -0.2) is 34.7 Å². The van der Waals surface area contributed by atoms with Gasteiger partial charge in [-0.05, 0) is 18.9 Å². The number of hydrogen-bond donors (Lipinski definition) is 2. The van der Waals surface area contributed by atoms with E-state index in [0.717, 1.165) is 23.9 Å². The predicted octanol–water partition coefficient (Wildman–Crippen LogP) is 2.72. The summed E-state index contributed by atoms with van der Waals surface area (Å²) in [6.45, 7) is 1.03. The van der Waals surface area contributed by atoms with Crippen molar-refractivity contribution in [3.05, 3.63) is 51.1 Å². The largest absolute Gasteiger partial charge is 0.381 e. The highest BCUT2D eigenvalue weighted by Gasteiger charge is 2.34. The summed E-state index contributed by atoms with van der Waals surface area (Å²) >= 11 is 0.992. The quantitative estimate of drug-likeness (QED) is 0.762. The lowest BCUT2D eigenvalue weighted by Crippen LogP contribution is -2.24. The number of hydrogen-bond acceptors (Lipinski definition) is 4. The monoisotopic (exact) mass is 399 g/mol. The molecule has 0 spiro atoms. The minimum atomic E-state index is -1.60. The number of carbonyl (C=O) groups excluding carboxylic acids is 1. The van der Waals surface area contributed by atoms with Crippen LogP contribution in [0.2, 0.25) is 0 Å². The molecule has 27 heavy (non-hydrogen) atoms. The molecule has 1 saturated heterocycles. The number of H-pyrrole nitrogens is 1. The predicted molar refractivity (Wildman–Crippen MR) is 93.4 cm³/mol. The third-order valence-corrected chi connectivity index (χ3v) is 6.02. The van der Waals surface area contributed by atoms with Gasteiger partial charge in [0, 0.05) is 18.8 Å². The van der Waals surface area contributed by atoms with E-state index in [1.807, 2.05) is 0 Å². The highest BCUT2D eigenvalue weighted by atomic mass is 32.2. The number of benzene rings is 1. The lowest BCUT2D eigenvalue weighted by Gasteiger charge is -2.25. The minimum absolute atomic E-state index is 0.0506. The molecule has 10 heteroatoms. The van der Waals surface area contributed by atoms with Crippen LogP contribution in [0.3, 0.4) is 0 Å². The summed E-state index contributed by atoms with van der Waals surface area (Å²) in [5.41, 5.74) is -0.547. The molecule has 2 aliphatic rings. The molecule has 3 heterocycles. The molecule has 2 N–H and O–H groups in total. The second kappa shape index (κ2) is 7.08. The Kier molecular flexibility index (Phi) is 4.77.